The van der Waals surface area contributed by atoms with Crippen LogP contribution in [0.25, 0.3) is 11.5 Å². The second-order valence-electron chi connectivity index (χ2n) is 4.91. The maximum Gasteiger partial charge on any atom is 0.258 e. The van der Waals surface area contributed by atoms with Gasteiger partial charge in [0.2, 0.25) is 0 Å². The largest absolute Gasteiger partial charge is 0.379 e. The van der Waals surface area contributed by atoms with Crippen molar-refractivity contribution < 1.29 is 9.26 Å². The minimum atomic E-state index is -0.358. The third-order valence-corrected chi connectivity index (χ3v) is 3.11. The highest BCUT2D eigenvalue weighted by Crippen LogP contribution is 2.26. The summed E-state index contributed by atoms with van der Waals surface area (Å²) in [6, 6.07) is 5.70. The van der Waals surface area contributed by atoms with Crippen LogP contribution in [-0.2, 0) is 4.74 Å². The molecule has 0 radical (unpaired) electrons. The fourth-order valence-electron chi connectivity index (χ4n) is 2.07. The van der Waals surface area contributed by atoms with Gasteiger partial charge in [-0.2, -0.15) is 4.98 Å². The minimum Gasteiger partial charge on any atom is -0.379 e. The summed E-state index contributed by atoms with van der Waals surface area (Å²) in [6.45, 7) is 7.20. The maximum atomic E-state index is 5.99. The van der Waals surface area contributed by atoms with Crippen molar-refractivity contribution >= 4 is 0 Å². The lowest BCUT2D eigenvalue weighted by Crippen LogP contribution is -2.18. The SMILES string of the molecule is CCCOCC(N)c1noc(-c2c(C)cccc2C)n1. The summed E-state index contributed by atoms with van der Waals surface area (Å²) in [5, 5.41) is 3.96. The van der Waals surface area contributed by atoms with Gasteiger partial charge in [-0.1, -0.05) is 30.3 Å². The third-order valence-electron chi connectivity index (χ3n) is 3.11. The van der Waals surface area contributed by atoms with Crippen LogP contribution in [0.4, 0.5) is 0 Å². The second kappa shape index (κ2) is 6.63. The highest BCUT2D eigenvalue weighted by atomic mass is 16.5. The number of ether oxygens (including phenoxy) is 1. The fraction of sp³-hybridized carbons (Fsp3) is 0.467. The van der Waals surface area contributed by atoms with Crippen LogP contribution < -0.4 is 5.73 Å². The smallest absolute Gasteiger partial charge is 0.258 e. The van der Waals surface area contributed by atoms with Gasteiger partial charge >= 0.3 is 0 Å². The average molecular weight is 275 g/mol. The first-order valence-electron chi connectivity index (χ1n) is 6.87. The van der Waals surface area contributed by atoms with E-state index >= 15 is 0 Å². The van der Waals surface area contributed by atoms with Crippen LogP contribution in [0.15, 0.2) is 22.7 Å². The summed E-state index contributed by atoms with van der Waals surface area (Å²) in [7, 11) is 0. The Balaban J connectivity index is 2.16. The molecule has 0 bridgehead atoms. The number of hydrogen-bond donors (Lipinski definition) is 1. The van der Waals surface area contributed by atoms with Crippen molar-refractivity contribution in [2.75, 3.05) is 13.2 Å². The van der Waals surface area contributed by atoms with E-state index in [0.29, 0.717) is 24.9 Å². The first-order valence-corrected chi connectivity index (χ1v) is 6.87. The molecule has 1 aromatic carbocycles. The molecule has 0 aliphatic carbocycles. The van der Waals surface area contributed by atoms with E-state index in [1.165, 1.54) is 0 Å². The quantitative estimate of drug-likeness (QED) is 0.820. The van der Waals surface area contributed by atoms with Crippen molar-refractivity contribution in [1.29, 1.82) is 0 Å². The van der Waals surface area contributed by atoms with E-state index in [2.05, 4.69) is 17.1 Å². The van der Waals surface area contributed by atoms with E-state index in [9.17, 15) is 0 Å². The molecule has 0 aliphatic heterocycles. The highest BCUT2D eigenvalue weighted by molar-refractivity contribution is 5.62. The van der Waals surface area contributed by atoms with Crippen LogP contribution in [0.3, 0.4) is 0 Å². The van der Waals surface area contributed by atoms with Gasteiger partial charge in [-0.15, -0.1) is 0 Å². The van der Waals surface area contributed by atoms with E-state index in [1.807, 2.05) is 32.0 Å². The summed E-state index contributed by atoms with van der Waals surface area (Å²) in [6.07, 6.45) is 0.965. The normalized spacial score (nSPS) is 12.6. The van der Waals surface area contributed by atoms with Crippen molar-refractivity contribution in [2.45, 2.75) is 33.2 Å². The van der Waals surface area contributed by atoms with Crippen molar-refractivity contribution in [3.63, 3.8) is 0 Å². The minimum absolute atomic E-state index is 0.358. The van der Waals surface area contributed by atoms with Gasteiger partial charge in [-0.05, 0) is 31.4 Å². The molecule has 5 nitrogen and oxygen atoms in total. The molecule has 1 aromatic heterocycles. The summed E-state index contributed by atoms with van der Waals surface area (Å²) >= 11 is 0. The Bertz CT molecular complexity index is 546. The van der Waals surface area contributed by atoms with E-state index in [0.717, 1.165) is 23.1 Å². The van der Waals surface area contributed by atoms with Crippen molar-refractivity contribution in [3.8, 4) is 11.5 Å². The second-order valence-corrected chi connectivity index (χ2v) is 4.91. The predicted molar refractivity (Wildman–Crippen MR) is 77.2 cm³/mol. The Morgan fingerprint density at radius 1 is 1.30 bits per heavy atom. The summed E-state index contributed by atoms with van der Waals surface area (Å²) in [4.78, 5) is 4.40. The Kier molecular flexibility index (Phi) is 4.87. The first kappa shape index (κ1) is 14.7. The molecule has 20 heavy (non-hydrogen) atoms. The lowest BCUT2D eigenvalue weighted by atomic mass is 10.0. The summed E-state index contributed by atoms with van der Waals surface area (Å²) in [5.74, 6) is 1.00. The molecule has 1 heterocycles. The van der Waals surface area contributed by atoms with Crippen molar-refractivity contribution in [1.82, 2.24) is 10.1 Å². The summed E-state index contributed by atoms with van der Waals surface area (Å²) < 4.78 is 10.8. The molecule has 5 heteroatoms. The zero-order valence-corrected chi connectivity index (χ0v) is 12.2. The molecular weight excluding hydrogens is 254 g/mol. The third kappa shape index (κ3) is 3.23. The van der Waals surface area contributed by atoms with Crippen LogP contribution in [0.2, 0.25) is 0 Å². The number of aryl methyl sites for hydroxylation is 2. The molecule has 2 aromatic rings. The van der Waals surface area contributed by atoms with Crippen LogP contribution in [0, 0.1) is 13.8 Å². The van der Waals surface area contributed by atoms with Gasteiger partial charge < -0.3 is 15.0 Å². The van der Waals surface area contributed by atoms with Gasteiger partial charge in [-0.3, -0.25) is 0 Å². The highest BCUT2D eigenvalue weighted by Gasteiger charge is 2.17. The molecule has 0 amide bonds. The van der Waals surface area contributed by atoms with E-state index in [-0.39, 0.29) is 6.04 Å². The molecule has 2 N–H and O–H groups in total. The van der Waals surface area contributed by atoms with Crippen molar-refractivity contribution in [3.05, 3.63) is 35.2 Å². The van der Waals surface area contributed by atoms with Gasteiger partial charge in [0.05, 0.1) is 12.6 Å². The van der Waals surface area contributed by atoms with Crippen LogP contribution >= 0.6 is 0 Å². The van der Waals surface area contributed by atoms with Crippen molar-refractivity contribution in [2.24, 2.45) is 5.73 Å². The predicted octanol–water partition coefficient (Wildman–Crippen LogP) is 2.78. The molecule has 1 unspecified atom stereocenters. The lowest BCUT2D eigenvalue weighted by Gasteiger charge is -2.07. The van der Waals surface area contributed by atoms with Crippen LogP contribution in [0.1, 0.15) is 36.3 Å². The monoisotopic (exact) mass is 275 g/mol. The van der Waals surface area contributed by atoms with E-state index < -0.39 is 0 Å². The molecule has 108 valence electrons. The Morgan fingerprint density at radius 2 is 2.00 bits per heavy atom. The first-order chi connectivity index (χ1) is 9.63. The van der Waals surface area contributed by atoms with Crippen LogP contribution in [0.5, 0.6) is 0 Å². The molecule has 0 spiro atoms. The Labute approximate surface area is 119 Å². The van der Waals surface area contributed by atoms with Gasteiger partial charge in [0.1, 0.15) is 0 Å². The van der Waals surface area contributed by atoms with Gasteiger partial charge in [0, 0.05) is 12.2 Å². The Morgan fingerprint density at radius 3 is 2.65 bits per heavy atom. The zero-order valence-electron chi connectivity index (χ0n) is 12.2. The van der Waals surface area contributed by atoms with Gasteiger partial charge in [0.15, 0.2) is 5.82 Å². The number of hydrogen-bond acceptors (Lipinski definition) is 5. The number of benzene rings is 1. The zero-order chi connectivity index (χ0) is 14.5. The van der Waals surface area contributed by atoms with Gasteiger partial charge in [0.25, 0.3) is 5.89 Å². The topological polar surface area (TPSA) is 74.2 Å². The van der Waals surface area contributed by atoms with E-state index in [1.54, 1.807) is 0 Å². The number of nitrogens with two attached hydrogens (primary N) is 1. The number of nitrogens with zero attached hydrogens (tertiary/aromatic N) is 2. The number of rotatable bonds is 6. The fourth-order valence-corrected chi connectivity index (χ4v) is 2.07. The molecule has 0 aliphatic rings. The Hall–Kier alpha value is -1.72. The van der Waals surface area contributed by atoms with Gasteiger partial charge in [-0.25, -0.2) is 0 Å². The number of aromatic nitrogens is 2. The molecule has 0 saturated carbocycles. The molecule has 0 fully saturated rings. The molecule has 1 atom stereocenters. The maximum absolute atomic E-state index is 5.99. The summed E-state index contributed by atoms with van der Waals surface area (Å²) in [5.41, 5.74) is 9.19. The molecule has 2 rings (SSSR count). The lowest BCUT2D eigenvalue weighted by molar-refractivity contribution is 0.119. The van der Waals surface area contributed by atoms with E-state index in [4.69, 9.17) is 15.0 Å². The molecule has 0 saturated heterocycles. The molecular formula is C15H21N3O2. The average Bonchev–Trinajstić information content (AvgIpc) is 2.88. The standard InChI is InChI=1S/C15H21N3O2/c1-4-8-19-9-12(16)14-17-15(20-18-14)13-10(2)6-5-7-11(13)3/h5-7,12H,4,8-9,16H2,1-3H3. The van der Waals surface area contributed by atoms with Crippen LogP contribution in [-0.4, -0.2) is 23.4 Å².